The number of methoxy groups -OCH3 is 1. The molecule has 0 radical (unpaired) electrons. The molecule has 1 aromatic carbocycles. The Morgan fingerprint density at radius 3 is 2.73 bits per heavy atom. The zero-order valence-corrected chi connectivity index (χ0v) is 15.4. The number of rotatable bonds is 4. The Kier molecular flexibility index (Phi) is 4.91. The maximum atomic E-state index is 12.6. The smallest absolute Gasteiger partial charge is 0.225 e. The largest absolute Gasteiger partial charge is 0.497 e. The number of carbonyl (C=O) groups excluding carboxylic acids is 1. The number of hydrogen-bond acceptors (Lipinski definition) is 3. The van der Waals surface area contributed by atoms with Crippen molar-refractivity contribution in [1.29, 1.82) is 0 Å². The molecule has 4 heteroatoms. The second-order valence-corrected chi connectivity index (χ2v) is 7.43. The first kappa shape index (κ1) is 17.1. The summed E-state index contributed by atoms with van der Waals surface area (Å²) in [6.07, 6.45) is 5.52. The molecule has 1 aromatic heterocycles. The molecule has 1 saturated carbocycles. The topological polar surface area (TPSA) is 42.4 Å². The molecule has 0 N–H and O–H groups in total. The first-order valence-electron chi connectivity index (χ1n) is 9.65. The van der Waals surface area contributed by atoms with Gasteiger partial charge in [-0.3, -0.25) is 9.78 Å². The van der Waals surface area contributed by atoms with Crippen molar-refractivity contribution in [3.8, 4) is 17.0 Å². The monoisotopic (exact) mass is 350 g/mol. The van der Waals surface area contributed by atoms with Gasteiger partial charge in [-0.25, -0.2) is 0 Å². The lowest BCUT2D eigenvalue weighted by Gasteiger charge is -2.37. The Morgan fingerprint density at radius 1 is 1.12 bits per heavy atom. The summed E-state index contributed by atoms with van der Waals surface area (Å²) in [5.74, 6) is 1.82. The van der Waals surface area contributed by atoms with E-state index in [0.717, 1.165) is 61.5 Å². The van der Waals surface area contributed by atoms with E-state index in [0.29, 0.717) is 11.8 Å². The summed E-state index contributed by atoms with van der Waals surface area (Å²) in [5.41, 5.74) is 3.12. The van der Waals surface area contributed by atoms with Crippen molar-refractivity contribution in [2.24, 2.45) is 5.92 Å². The number of amides is 1. The Morgan fingerprint density at radius 2 is 1.96 bits per heavy atom. The van der Waals surface area contributed by atoms with Crippen LogP contribution in [0.25, 0.3) is 11.3 Å². The molecule has 1 amide bonds. The van der Waals surface area contributed by atoms with Gasteiger partial charge >= 0.3 is 0 Å². The van der Waals surface area contributed by atoms with Crippen LogP contribution in [-0.4, -0.2) is 36.0 Å². The van der Waals surface area contributed by atoms with Gasteiger partial charge in [-0.15, -0.1) is 0 Å². The van der Waals surface area contributed by atoms with E-state index in [1.165, 1.54) is 6.42 Å². The highest BCUT2D eigenvalue weighted by Gasteiger charge is 2.32. The van der Waals surface area contributed by atoms with Crippen LogP contribution in [0.1, 0.15) is 43.7 Å². The van der Waals surface area contributed by atoms with Crippen molar-refractivity contribution >= 4 is 5.91 Å². The van der Waals surface area contributed by atoms with Crippen molar-refractivity contribution < 1.29 is 9.53 Å². The van der Waals surface area contributed by atoms with E-state index < -0.39 is 0 Å². The summed E-state index contributed by atoms with van der Waals surface area (Å²) in [5, 5.41) is 0. The average molecular weight is 350 g/mol. The van der Waals surface area contributed by atoms with Gasteiger partial charge in [0.15, 0.2) is 0 Å². The third-order valence-electron chi connectivity index (χ3n) is 5.74. The van der Waals surface area contributed by atoms with E-state index in [-0.39, 0.29) is 5.92 Å². The molecule has 0 spiro atoms. The number of likely N-dealkylation sites (tertiary alicyclic amines) is 1. The lowest BCUT2D eigenvalue weighted by Crippen LogP contribution is -2.44. The molecule has 1 aliphatic heterocycles. The molecule has 4 nitrogen and oxygen atoms in total. The van der Waals surface area contributed by atoms with Gasteiger partial charge in [-0.1, -0.05) is 24.6 Å². The van der Waals surface area contributed by atoms with Gasteiger partial charge in [0.05, 0.1) is 12.8 Å². The molecule has 4 rings (SSSR count). The normalized spacial score (nSPS) is 20.5. The highest BCUT2D eigenvalue weighted by molar-refractivity contribution is 5.79. The van der Waals surface area contributed by atoms with Gasteiger partial charge in [0.1, 0.15) is 5.75 Å². The second-order valence-electron chi connectivity index (χ2n) is 7.43. The summed E-state index contributed by atoms with van der Waals surface area (Å²) >= 11 is 0. The SMILES string of the molecule is COc1cccc(-c2cccc([C@H]3CCCN(C(=O)C4CCC4)C3)n2)c1. The molecule has 26 heavy (non-hydrogen) atoms. The van der Waals surface area contributed by atoms with E-state index in [2.05, 4.69) is 23.1 Å². The number of benzene rings is 1. The third kappa shape index (κ3) is 3.46. The van der Waals surface area contributed by atoms with Crippen LogP contribution in [0.15, 0.2) is 42.5 Å². The van der Waals surface area contributed by atoms with Crippen LogP contribution >= 0.6 is 0 Å². The molecule has 1 aliphatic carbocycles. The molecular formula is C22H26N2O2. The molecule has 1 atom stereocenters. The van der Waals surface area contributed by atoms with E-state index in [9.17, 15) is 4.79 Å². The molecule has 0 bridgehead atoms. The summed E-state index contributed by atoms with van der Waals surface area (Å²) in [6.45, 7) is 1.71. The predicted molar refractivity (Wildman–Crippen MR) is 102 cm³/mol. The van der Waals surface area contributed by atoms with Crippen LogP contribution in [-0.2, 0) is 4.79 Å². The van der Waals surface area contributed by atoms with E-state index in [1.54, 1.807) is 7.11 Å². The Balaban J connectivity index is 1.52. The lowest BCUT2D eigenvalue weighted by molar-refractivity contribution is -0.139. The fourth-order valence-electron chi connectivity index (χ4n) is 3.95. The molecule has 1 saturated heterocycles. The van der Waals surface area contributed by atoms with Gasteiger partial charge in [-0.05, 0) is 49.9 Å². The number of carbonyl (C=O) groups is 1. The fraction of sp³-hybridized carbons (Fsp3) is 0.455. The summed E-state index contributed by atoms with van der Waals surface area (Å²) in [7, 11) is 1.68. The van der Waals surface area contributed by atoms with Crippen LogP contribution in [0.4, 0.5) is 0 Å². The number of hydrogen-bond donors (Lipinski definition) is 0. The van der Waals surface area contributed by atoms with Crippen LogP contribution in [0, 0.1) is 5.92 Å². The van der Waals surface area contributed by atoms with Gasteiger partial charge < -0.3 is 9.64 Å². The Hall–Kier alpha value is -2.36. The number of nitrogens with zero attached hydrogens (tertiary/aromatic N) is 2. The zero-order chi connectivity index (χ0) is 17.9. The summed E-state index contributed by atoms with van der Waals surface area (Å²) < 4.78 is 5.33. The van der Waals surface area contributed by atoms with E-state index in [1.807, 2.05) is 24.3 Å². The van der Waals surface area contributed by atoms with E-state index in [4.69, 9.17) is 9.72 Å². The van der Waals surface area contributed by atoms with Gasteiger partial charge in [0.2, 0.25) is 5.91 Å². The van der Waals surface area contributed by atoms with Crippen molar-refractivity contribution in [2.45, 2.75) is 38.0 Å². The Bertz CT molecular complexity index is 785. The molecule has 2 fully saturated rings. The minimum absolute atomic E-state index is 0.282. The maximum absolute atomic E-state index is 12.6. The van der Waals surface area contributed by atoms with Crippen molar-refractivity contribution in [3.05, 3.63) is 48.2 Å². The van der Waals surface area contributed by atoms with Crippen LogP contribution < -0.4 is 4.74 Å². The molecule has 2 heterocycles. The average Bonchev–Trinajstić information content (AvgIpc) is 2.67. The molecule has 2 aromatic rings. The van der Waals surface area contributed by atoms with Gasteiger partial charge in [0.25, 0.3) is 0 Å². The summed E-state index contributed by atoms with van der Waals surface area (Å²) in [6, 6.07) is 14.2. The maximum Gasteiger partial charge on any atom is 0.225 e. The first-order valence-corrected chi connectivity index (χ1v) is 9.65. The standard InChI is InChI=1S/C22H26N2O2/c1-26-19-10-3-8-17(14-19)20-11-4-12-21(23-20)18-9-5-13-24(15-18)22(25)16-6-2-7-16/h3-4,8,10-12,14,16,18H,2,5-7,9,13,15H2,1H3/t18-/m0/s1. The fourth-order valence-corrected chi connectivity index (χ4v) is 3.95. The van der Waals surface area contributed by atoms with Gasteiger partial charge in [-0.2, -0.15) is 0 Å². The molecule has 136 valence electrons. The third-order valence-corrected chi connectivity index (χ3v) is 5.74. The van der Waals surface area contributed by atoms with Gasteiger partial charge in [0, 0.05) is 36.2 Å². The Labute approximate surface area is 155 Å². The predicted octanol–water partition coefficient (Wildman–Crippen LogP) is 4.26. The quantitative estimate of drug-likeness (QED) is 0.827. The minimum atomic E-state index is 0.282. The summed E-state index contributed by atoms with van der Waals surface area (Å²) in [4.78, 5) is 19.6. The van der Waals surface area contributed by atoms with Crippen LogP contribution in [0.5, 0.6) is 5.75 Å². The van der Waals surface area contributed by atoms with Crippen molar-refractivity contribution in [1.82, 2.24) is 9.88 Å². The molecule has 2 aliphatic rings. The number of pyridine rings is 1. The number of ether oxygens (including phenoxy) is 1. The van der Waals surface area contributed by atoms with Crippen LogP contribution in [0.2, 0.25) is 0 Å². The highest BCUT2D eigenvalue weighted by Crippen LogP contribution is 2.33. The molecular weight excluding hydrogens is 324 g/mol. The zero-order valence-electron chi connectivity index (χ0n) is 15.4. The minimum Gasteiger partial charge on any atom is -0.497 e. The number of aromatic nitrogens is 1. The number of piperidine rings is 1. The molecule has 0 unspecified atom stereocenters. The van der Waals surface area contributed by atoms with Crippen molar-refractivity contribution in [2.75, 3.05) is 20.2 Å². The lowest BCUT2D eigenvalue weighted by atomic mass is 9.83. The van der Waals surface area contributed by atoms with Crippen LogP contribution in [0.3, 0.4) is 0 Å². The van der Waals surface area contributed by atoms with Crippen molar-refractivity contribution in [3.63, 3.8) is 0 Å². The van der Waals surface area contributed by atoms with E-state index >= 15 is 0 Å². The highest BCUT2D eigenvalue weighted by atomic mass is 16.5. The first-order chi connectivity index (χ1) is 12.7. The second kappa shape index (κ2) is 7.48.